The Morgan fingerprint density at radius 2 is 2.11 bits per heavy atom. The average Bonchev–Trinajstić information content (AvgIpc) is 2.97. The van der Waals surface area contributed by atoms with Crippen molar-refractivity contribution in [3.8, 4) is 5.69 Å². The Morgan fingerprint density at radius 3 is 2.84 bits per heavy atom. The van der Waals surface area contributed by atoms with E-state index in [-0.39, 0.29) is 29.7 Å². The molecule has 2 aliphatic rings. The van der Waals surface area contributed by atoms with Crippen molar-refractivity contribution in [2.75, 3.05) is 6.61 Å². The topological polar surface area (TPSA) is 67.2 Å². The van der Waals surface area contributed by atoms with E-state index in [1.54, 1.807) is 6.08 Å². The van der Waals surface area contributed by atoms with Gasteiger partial charge >= 0.3 is 0 Å². The minimum Gasteiger partial charge on any atom is -0.394 e. The van der Waals surface area contributed by atoms with Gasteiger partial charge in [0.15, 0.2) is 11.5 Å². The van der Waals surface area contributed by atoms with Gasteiger partial charge in [0, 0.05) is 17.5 Å². The number of nitrogens with zero attached hydrogens (tertiary/aromatic N) is 2. The van der Waals surface area contributed by atoms with E-state index in [1.807, 2.05) is 6.08 Å². The summed E-state index contributed by atoms with van der Waals surface area (Å²) in [5.74, 6) is -2.59. The summed E-state index contributed by atoms with van der Waals surface area (Å²) in [7, 11) is 0. The van der Waals surface area contributed by atoms with Crippen molar-refractivity contribution in [3.05, 3.63) is 107 Å². The lowest BCUT2D eigenvalue weighted by atomic mass is 9.90. The van der Waals surface area contributed by atoms with Gasteiger partial charge in [-0.25, -0.2) is 17.9 Å². The Morgan fingerprint density at radius 1 is 1.30 bits per heavy atom. The maximum absolute atomic E-state index is 15.0. The highest BCUT2D eigenvalue weighted by Gasteiger charge is 2.32. The van der Waals surface area contributed by atoms with Crippen LogP contribution < -0.4 is 5.32 Å². The summed E-state index contributed by atoms with van der Waals surface area (Å²) in [6, 6.07) is 2.46. The molecule has 0 spiro atoms. The van der Waals surface area contributed by atoms with Gasteiger partial charge in [0.25, 0.3) is 5.91 Å². The number of fused-ring (bicyclic) bond motifs is 1. The number of hydrogen-bond donors (Lipinski definition) is 2. The molecule has 2 atom stereocenters. The molecule has 4 rings (SSSR count). The average molecular weight is 510 g/mol. The van der Waals surface area contributed by atoms with E-state index in [9.17, 15) is 23.1 Å². The van der Waals surface area contributed by atoms with E-state index >= 15 is 0 Å². The smallest absolute Gasteiger partial charge is 0.272 e. The van der Waals surface area contributed by atoms with Crippen LogP contribution in [0, 0.1) is 11.6 Å². The van der Waals surface area contributed by atoms with Crippen molar-refractivity contribution in [2.24, 2.45) is 0 Å². The molecule has 1 aromatic carbocycles. The van der Waals surface area contributed by atoms with Gasteiger partial charge < -0.3 is 10.4 Å². The third-order valence-electron chi connectivity index (χ3n) is 6.79. The molecule has 2 N–H and O–H groups in total. The molecule has 0 saturated heterocycles. The number of aliphatic hydroxyl groups is 1. The normalized spacial score (nSPS) is 18.1. The molecule has 1 amide bonds. The monoisotopic (exact) mass is 509 g/mol. The van der Waals surface area contributed by atoms with Crippen LogP contribution in [0.3, 0.4) is 0 Å². The van der Waals surface area contributed by atoms with Gasteiger partial charge in [0.2, 0.25) is 0 Å². The lowest BCUT2D eigenvalue weighted by Gasteiger charge is -2.19. The SMILES string of the molecule is C=CC(=C)[C@@H](CO)NC(=O)c1nn(-c2ccc(F)cc2F)c2c1CCCCC2CC1=CCC=CC(F)=C1. The molecule has 37 heavy (non-hydrogen) atoms. The number of aromatic nitrogens is 2. The van der Waals surface area contributed by atoms with Gasteiger partial charge in [-0.1, -0.05) is 37.8 Å². The third kappa shape index (κ3) is 5.85. The number of amides is 1. The number of aliphatic hydroxyl groups excluding tert-OH is 1. The maximum atomic E-state index is 15.0. The Kier molecular flexibility index (Phi) is 8.28. The first-order valence-electron chi connectivity index (χ1n) is 12.3. The standard InChI is InChI=1S/C29H30F3N3O2/c1-3-18(2)25(17-36)33-29(37)27-23-11-7-5-9-20(14-19-8-4-6-10-21(30)15-19)28(23)35(34-27)26-13-12-22(31)16-24(26)32/h3,6,8,10,12-13,15-16,20,25,36H,1-2,4-5,7,9,11,14,17H2,(H,33,37)/t20?,25-/m1/s1. The zero-order valence-corrected chi connectivity index (χ0v) is 20.5. The second-order valence-corrected chi connectivity index (χ2v) is 9.30. The Labute approximate surface area is 214 Å². The number of carbonyl (C=O) groups excluding carboxylic acids is 1. The van der Waals surface area contributed by atoms with E-state index in [0.29, 0.717) is 36.1 Å². The highest BCUT2D eigenvalue weighted by Crippen LogP contribution is 2.39. The minimum atomic E-state index is -0.808. The van der Waals surface area contributed by atoms with Crippen LogP contribution in [-0.2, 0) is 6.42 Å². The Balaban J connectivity index is 1.83. The number of carbonyl (C=O) groups is 1. The Hall–Kier alpha value is -3.65. The number of allylic oxidation sites excluding steroid dienone is 6. The van der Waals surface area contributed by atoms with E-state index in [0.717, 1.165) is 37.0 Å². The molecule has 1 aromatic heterocycles. The molecule has 0 saturated carbocycles. The maximum Gasteiger partial charge on any atom is 0.272 e. The predicted octanol–water partition coefficient (Wildman–Crippen LogP) is 5.92. The molecule has 0 fully saturated rings. The van der Waals surface area contributed by atoms with Gasteiger partial charge in [-0.05, 0) is 67.5 Å². The van der Waals surface area contributed by atoms with Gasteiger partial charge in [-0.2, -0.15) is 5.10 Å². The van der Waals surface area contributed by atoms with E-state index in [4.69, 9.17) is 0 Å². The lowest BCUT2D eigenvalue weighted by Crippen LogP contribution is -2.39. The highest BCUT2D eigenvalue weighted by molar-refractivity contribution is 5.94. The van der Waals surface area contributed by atoms with Crippen LogP contribution in [-0.4, -0.2) is 33.4 Å². The number of benzene rings is 1. The molecule has 0 radical (unpaired) electrons. The highest BCUT2D eigenvalue weighted by atomic mass is 19.1. The summed E-state index contributed by atoms with van der Waals surface area (Å²) in [5, 5.41) is 17.0. The molecule has 8 heteroatoms. The summed E-state index contributed by atoms with van der Waals surface area (Å²) in [6.07, 6.45) is 12.0. The second-order valence-electron chi connectivity index (χ2n) is 9.30. The van der Waals surface area contributed by atoms with Crippen LogP contribution in [0.4, 0.5) is 13.2 Å². The summed E-state index contributed by atoms with van der Waals surface area (Å²) in [5.41, 5.74) is 2.70. The molecule has 2 aliphatic carbocycles. The number of nitrogens with one attached hydrogen (secondary N) is 1. The van der Waals surface area contributed by atoms with Crippen LogP contribution in [0.5, 0.6) is 0 Å². The number of hydrogen-bond acceptors (Lipinski definition) is 3. The van der Waals surface area contributed by atoms with E-state index < -0.39 is 23.6 Å². The van der Waals surface area contributed by atoms with Crippen molar-refractivity contribution in [1.29, 1.82) is 0 Å². The van der Waals surface area contributed by atoms with Gasteiger partial charge in [-0.3, -0.25) is 4.79 Å². The molecule has 0 aliphatic heterocycles. The van der Waals surface area contributed by atoms with Gasteiger partial charge in [0.1, 0.15) is 17.3 Å². The predicted molar refractivity (Wildman–Crippen MR) is 137 cm³/mol. The largest absolute Gasteiger partial charge is 0.394 e. The molecule has 1 unspecified atom stereocenters. The quantitative estimate of drug-likeness (QED) is 0.343. The van der Waals surface area contributed by atoms with Crippen molar-refractivity contribution in [2.45, 2.75) is 50.5 Å². The number of halogens is 3. The molecule has 5 nitrogen and oxygen atoms in total. The van der Waals surface area contributed by atoms with Crippen LogP contribution >= 0.6 is 0 Å². The van der Waals surface area contributed by atoms with Crippen molar-refractivity contribution >= 4 is 5.91 Å². The fourth-order valence-electron chi connectivity index (χ4n) is 4.91. The van der Waals surface area contributed by atoms with Crippen LogP contribution in [0.1, 0.15) is 59.8 Å². The van der Waals surface area contributed by atoms with Crippen LogP contribution in [0.25, 0.3) is 5.69 Å². The first kappa shape index (κ1) is 26.4. The van der Waals surface area contributed by atoms with E-state index in [2.05, 4.69) is 23.6 Å². The zero-order chi connectivity index (χ0) is 26.5. The van der Waals surface area contributed by atoms with Crippen molar-refractivity contribution in [1.82, 2.24) is 15.1 Å². The molecule has 0 bridgehead atoms. The van der Waals surface area contributed by atoms with Crippen LogP contribution in [0.2, 0.25) is 0 Å². The second kappa shape index (κ2) is 11.6. The minimum absolute atomic E-state index is 0.0241. The summed E-state index contributed by atoms with van der Waals surface area (Å²) in [4.78, 5) is 13.4. The summed E-state index contributed by atoms with van der Waals surface area (Å²) < 4.78 is 44.3. The molecule has 1 heterocycles. The molecular formula is C29H30F3N3O2. The summed E-state index contributed by atoms with van der Waals surface area (Å²) in [6.45, 7) is 7.06. The molecular weight excluding hydrogens is 479 g/mol. The fourth-order valence-corrected chi connectivity index (χ4v) is 4.91. The number of rotatable bonds is 8. The molecule has 194 valence electrons. The van der Waals surface area contributed by atoms with E-state index in [1.165, 1.54) is 29.0 Å². The van der Waals surface area contributed by atoms with Crippen LogP contribution in [0.15, 0.2) is 78.7 Å². The first-order chi connectivity index (χ1) is 17.8. The molecule has 2 aromatic rings. The first-order valence-corrected chi connectivity index (χ1v) is 12.3. The third-order valence-corrected chi connectivity index (χ3v) is 6.79. The zero-order valence-electron chi connectivity index (χ0n) is 20.5. The fraction of sp³-hybridized carbons (Fsp3) is 0.310. The van der Waals surface area contributed by atoms with Crippen molar-refractivity contribution in [3.63, 3.8) is 0 Å². The Bertz CT molecular complexity index is 1310. The van der Waals surface area contributed by atoms with Crippen molar-refractivity contribution < 1.29 is 23.1 Å². The van der Waals surface area contributed by atoms with Gasteiger partial charge in [0.05, 0.1) is 18.3 Å². The van der Waals surface area contributed by atoms with Gasteiger partial charge in [-0.15, -0.1) is 0 Å². The summed E-state index contributed by atoms with van der Waals surface area (Å²) >= 11 is 0. The lowest BCUT2D eigenvalue weighted by molar-refractivity contribution is 0.0921.